The molecule has 1 aliphatic rings. The lowest BCUT2D eigenvalue weighted by molar-refractivity contribution is 0.102. The van der Waals surface area contributed by atoms with Crippen LogP contribution in [-0.2, 0) is 16.4 Å². The number of anilines is 1. The number of hydrogen-bond donors (Lipinski definition) is 1. The summed E-state index contributed by atoms with van der Waals surface area (Å²) >= 11 is 1.33. The van der Waals surface area contributed by atoms with Gasteiger partial charge in [-0.15, -0.1) is 10.2 Å². The molecule has 0 radical (unpaired) electrons. The molecular weight excluding hydrogens is 432 g/mol. The zero-order chi connectivity index (χ0) is 21.8. The average molecular weight is 457 g/mol. The Morgan fingerprint density at radius 1 is 1.10 bits per heavy atom. The lowest BCUT2D eigenvalue weighted by Crippen LogP contribution is -2.28. The summed E-state index contributed by atoms with van der Waals surface area (Å²) in [5.41, 5.74) is 1.49. The number of sulfonamides is 1. The molecule has 1 saturated heterocycles. The summed E-state index contributed by atoms with van der Waals surface area (Å²) < 4.78 is 27.0. The summed E-state index contributed by atoms with van der Waals surface area (Å²) in [6.07, 6.45) is 2.45. The number of rotatable bonds is 7. The number of amides is 1. The molecule has 0 spiro atoms. The predicted octanol–water partition coefficient (Wildman–Crippen LogP) is 3.92. The first-order chi connectivity index (χ1) is 14.9. The number of hydrogen-bond acceptors (Lipinski definition) is 6. The second-order valence-electron chi connectivity index (χ2n) is 7.61. The van der Waals surface area contributed by atoms with E-state index in [-0.39, 0.29) is 16.4 Å². The fourth-order valence-electron chi connectivity index (χ4n) is 3.59. The molecule has 1 aromatic heterocycles. The van der Waals surface area contributed by atoms with Crippen molar-refractivity contribution in [1.82, 2.24) is 14.5 Å². The van der Waals surface area contributed by atoms with E-state index in [1.165, 1.54) is 33.3 Å². The van der Waals surface area contributed by atoms with Crippen LogP contribution in [0.2, 0.25) is 0 Å². The first-order valence-corrected chi connectivity index (χ1v) is 12.5. The van der Waals surface area contributed by atoms with Gasteiger partial charge in [0.1, 0.15) is 5.01 Å². The Morgan fingerprint density at radius 3 is 2.58 bits per heavy atom. The molecule has 3 aromatic rings. The molecular formula is C22H24N4O3S2. The molecule has 162 valence electrons. The van der Waals surface area contributed by atoms with Crippen LogP contribution < -0.4 is 5.32 Å². The van der Waals surface area contributed by atoms with Crippen LogP contribution in [0.3, 0.4) is 0 Å². The first kappa shape index (κ1) is 21.6. The standard InChI is InChI=1S/C22H24N4O3S2/c1-16(17-8-3-2-4-9-17)14-20-24-25-22(30-20)23-21(27)18-10-7-11-19(15-18)31(28,29)26-12-5-6-13-26/h2-4,7-11,15-16H,5-6,12-14H2,1H3,(H,23,25,27). The van der Waals surface area contributed by atoms with Crippen LogP contribution >= 0.6 is 11.3 Å². The van der Waals surface area contributed by atoms with Gasteiger partial charge in [-0.2, -0.15) is 4.31 Å². The summed E-state index contributed by atoms with van der Waals surface area (Å²) in [7, 11) is -3.58. The van der Waals surface area contributed by atoms with E-state index in [4.69, 9.17) is 0 Å². The zero-order valence-electron chi connectivity index (χ0n) is 17.2. The minimum absolute atomic E-state index is 0.136. The van der Waals surface area contributed by atoms with Gasteiger partial charge in [0.15, 0.2) is 0 Å². The van der Waals surface area contributed by atoms with Gasteiger partial charge in [-0.05, 0) is 42.5 Å². The van der Waals surface area contributed by atoms with Gasteiger partial charge in [-0.25, -0.2) is 8.42 Å². The summed E-state index contributed by atoms with van der Waals surface area (Å²) in [4.78, 5) is 12.8. The predicted molar refractivity (Wildman–Crippen MR) is 121 cm³/mol. The third-order valence-corrected chi connectivity index (χ3v) is 8.09. The van der Waals surface area contributed by atoms with Gasteiger partial charge in [0, 0.05) is 25.1 Å². The molecule has 31 heavy (non-hydrogen) atoms. The van der Waals surface area contributed by atoms with Crippen molar-refractivity contribution >= 4 is 32.4 Å². The van der Waals surface area contributed by atoms with E-state index in [9.17, 15) is 13.2 Å². The highest BCUT2D eigenvalue weighted by atomic mass is 32.2. The molecule has 1 unspecified atom stereocenters. The van der Waals surface area contributed by atoms with E-state index in [1.54, 1.807) is 12.1 Å². The SMILES string of the molecule is CC(Cc1nnc(NC(=O)c2cccc(S(=O)(=O)N3CCCC3)c2)s1)c1ccccc1. The molecule has 0 saturated carbocycles. The highest BCUT2D eigenvalue weighted by Crippen LogP contribution is 2.25. The van der Waals surface area contributed by atoms with Crippen molar-refractivity contribution in [3.8, 4) is 0 Å². The van der Waals surface area contributed by atoms with Crippen molar-refractivity contribution in [3.63, 3.8) is 0 Å². The van der Waals surface area contributed by atoms with E-state index >= 15 is 0 Å². The van der Waals surface area contributed by atoms with Crippen molar-refractivity contribution in [2.24, 2.45) is 0 Å². The molecule has 2 aromatic carbocycles. The third kappa shape index (κ3) is 5.00. The monoisotopic (exact) mass is 456 g/mol. The molecule has 0 aliphatic carbocycles. The van der Waals surface area contributed by atoms with Crippen LogP contribution in [0.15, 0.2) is 59.5 Å². The Balaban J connectivity index is 1.43. The van der Waals surface area contributed by atoms with E-state index in [0.717, 1.165) is 24.3 Å². The van der Waals surface area contributed by atoms with E-state index < -0.39 is 15.9 Å². The molecule has 0 bridgehead atoms. The lowest BCUT2D eigenvalue weighted by atomic mass is 9.98. The van der Waals surface area contributed by atoms with Gasteiger partial charge in [0.2, 0.25) is 15.2 Å². The maximum Gasteiger partial charge on any atom is 0.257 e. The van der Waals surface area contributed by atoms with Gasteiger partial charge >= 0.3 is 0 Å². The van der Waals surface area contributed by atoms with E-state index in [0.29, 0.717) is 18.2 Å². The van der Waals surface area contributed by atoms with E-state index in [1.807, 2.05) is 18.2 Å². The molecule has 4 rings (SSSR count). The van der Waals surface area contributed by atoms with Crippen molar-refractivity contribution < 1.29 is 13.2 Å². The highest BCUT2D eigenvalue weighted by Gasteiger charge is 2.27. The number of nitrogens with one attached hydrogen (secondary N) is 1. The smallest absolute Gasteiger partial charge is 0.257 e. The molecule has 1 atom stereocenters. The Labute approximate surface area is 186 Å². The second-order valence-corrected chi connectivity index (χ2v) is 10.6. The Hall–Kier alpha value is -2.62. The largest absolute Gasteiger partial charge is 0.296 e. The van der Waals surface area contributed by atoms with Crippen LogP contribution in [-0.4, -0.2) is 41.9 Å². The second kappa shape index (κ2) is 9.25. The van der Waals surface area contributed by atoms with Crippen molar-refractivity contribution in [3.05, 3.63) is 70.7 Å². The zero-order valence-corrected chi connectivity index (χ0v) is 18.8. The van der Waals surface area contributed by atoms with Gasteiger partial charge in [-0.1, -0.05) is 54.7 Å². The van der Waals surface area contributed by atoms with Gasteiger partial charge < -0.3 is 0 Å². The van der Waals surface area contributed by atoms with Crippen LogP contribution in [0.25, 0.3) is 0 Å². The van der Waals surface area contributed by atoms with Crippen molar-refractivity contribution in [2.45, 2.75) is 37.0 Å². The number of carbonyl (C=O) groups is 1. The van der Waals surface area contributed by atoms with Crippen LogP contribution in [0.1, 0.15) is 46.6 Å². The lowest BCUT2D eigenvalue weighted by Gasteiger charge is -2.15. The fourth-order valence-corrected chi connectivity index (χ4v) is 6.02. The average Bonchev–Trinajstić information content (AvgIpc) is 3.47. The van der Waals surface area contributed by atoms with Gasteiger partial charge in [0.25, 0.3) is 5.91 Å². The van der Waals surface area contributed by atoms with Crippen LogP contribution in [0, 0.1) is 0 Å². The van der Waals surface area contributed by atoms with Crippen molar-refractivity contribution in [1.29, 1.82) is 0 Å². The molecule has 9 heteroatoms. The van der Waals surface area contributed by atoms with Crippen LogP contribution in [0.4, 0.5) is 5.13 Å². The number of benzene rings is 2. The molecule has 2 heterocycles. The topological polar surface area (TPSA) is 92.3 Å². The first-order valence-electron chi connectivity index (χ1n) is 10.2. The minimum atomic E-state index is -3.58. The highest BCUT2D eigenvalue weighted by molar-refractivity contribution is 7.89. The van der Waals surface area contributed by atoms with Gasteiger partial charge in [-0.3, -0.25) is 10.1 Å². The normalized spacial score (nSPS) is 15.6. The Bertz CT molecular complexity index is 1160. The van der Waals surface area contributed by atoms with Gasteiger partial charge in [0.05, 0.1) is 4.90 Å². The maximum absolute atomic E-state index is 12.8. The summed E-state index contributed by atoms with van der Waals surface area (Å²) in [5, 5.41) is 12.2. The molecule has 1 fully saturated rings. The summed E-state index contributed by atoms with van der Waals surface area (Å²) in [6.45, 7) is 3.17. The third-order valence-electron chi connectivity index (χ3n) is 5.34. The fraction of sp³-hybridized carbons (Fsp3) is 0.318. The molecule has 1 aliphatic heterocycles. The Morgan fingerprint density at radius 2 is 1.84 bits per heavy atom. The summed E-state index contributed by atoms with van der Waals surface area (Å²) in [6, 6.07) is 16.3. The summed E-state index contributed by atoms with van der Waals surface area (Å²) in [5.74, 6) is -0.123. The quantitative estimate of drug-likeness (QED) is 0.582. The Kier molecular flexibility index (Phi) is 6.45. The molecule has 7 nitrogen and oxygen atoms in total. The van der Waals surface area contributed by atoms with Crippen LogP contribution in [0.5, 0.6) is 0 Å². The number of aromatic nitrogens is 2. The number of carbonyl (C=O) groups excluding carboxylic acids is 1. The molecule has 1 N–H and O–H groups in total. The van der Waals surface area contributed by atoms with E-state index in [2.05, 4.69) is 34.6 Å². The maximum atomic E-state index is 12.8. The molecule has 1 amide bonds. The van der Waals surface area contributed by atoms with Crippen molar-refractivity contribution in [2.75, 3.05) is 18.4 Å². The minimum Gasteiger partial charge on any atom is -0.296 e. The number of nitrogens with zero attached hydrogens (tertiary/aromatic N) is 3.